The van der Waals surface area contributed by atoms with Crippen molar-refractivity contribution in [1.29, 1.82) is 0 Å². The standard InChI is InChI=1S/C12H24N2O2S/c1-9-12(8-13,4-5-17-9)14-6-10(15-2)11(7-14)16-3/h9-11H,4-8,13H2,1-3H3. The number of hydrogen-bond acceptors (Lipinski definition) is 5. The van der Waals surface area contributed by atoms with Crippen LogP contribution in [0.1, 0.15) is 13.3 Å². The van der Waals surface area contributed by atoms with Gasteiger partial charge in [0.25, 0.3) is 0 Å². The summed E-state index contributed by atoms with van der Waals surface area (Å²) in [6.45, 7) is 4.91. The number of rotatable bonds is 4. The highest BCUT2D eigenvalue weighted by molar-refractivity contribution is 8.00. The van der Waals surface area contributed by atoms with Crippen molar-refractivity contribution in [3.8, 4) is 0 Å². The first kappa shape index (κ1) is 13.6. The van der Waals surface area contributed by atoms with Crippen LogP contribution in [0.2, 0.25) is 0 Å². The predicted molar refractivity (Wildman–Crippen MR) is 71.5 cm³/mol. The average Bonchev–Trinajstić information content (AvgIpc) is 2.92. The molecule has 4 atom stereocenters. The number of nitrogens with two attached hydrogens (primary N) is 1. The van der Waals surface area contributed by atoms with Crippen LogP contribution in [0, 0.1) is 0 Å². The number of nitrogens with zero attached hydrogens (tertiary/aromatic N) is 1. The van der Waals surface area contributed by atoms with E-state index >= 15 is 0 Å². The molecule has 0 amide bonds. The van der Waals surface area contributed by atoms with Crippen LogP contribution >= 0.6 is 11.8 Å². The molecule has 0 aromatic heterocycles. The van der Waals surface area contributed by atoms with E-state index in [-0.39, 0.29) is 17.7 Å². The first-order valence-electron chi connectivity index (χ1n) is 6.30. The normalized spacial score (nSPS) is 43.4. The van der Waals surface area contributed by atoms with Crippen LogP contribution in [0.4, 0.5) is 0 Å². The van der Waals surface area contributed by atoms with Crippen molar-refractivity contribution in [2.24, 2.45) is 5.73 Å². The van der Waals surface area contributed by atoms with Crippen LogP contribution in [0.3, 0.4) is 0 Å². The summed E-state index contributed by atoms with van der Waals surface area (Å²) in [6.07, 6.45) is 1.55. The van der Waals surface area contributed by atoms with Crippen molar-refractivity contribution in [3.63, 3.8) is 0 Å². The van der Waals surface area contributed by atoms with Gasteiger partial charge < -0.3 is 15.2 Å². The molecule has 0 aliphatic carbocycles. The van der Waals surface area contributed by atoms with E-state index < -0.39 is 0 Å². The second-order valence-corrected chi connectivity index (χ2v) is 6.47. The van der Waals surface area contributed by atoms with E-state index in [4.69, 9.17) is 15.2 Å². The summed E-state index contributed by atoms with van der Waals surface area (Å²) >= 11 is 2.03. The van der Waals surface area contributed by atoms with Crippen LogP contribution in [-0.4, -0.2) is 67.5 Å². The maximum atomic E-state index is 6.08. The quantitative estimate of drug-likeness (QED) is 0.800. The minimum absolute atomic E-state index is 0.148. The molecular weight excluding hydrogens is 236 g/mol. The van der Waals surface area contributed by atoms with Crippen LogP contribution in [0.5, 0.6) is 0 Å². The highest BCUT2D eigenvalue weighted by atomic mass is 32.2. The Bertz CT molecular complexity index is 255. The molecule has 2 saturated heterocycles. The summed E-state index contributed by atoms with van der Waals surface area (Å²) in [5.41, 5.74) is 6.22. The van der Waals surface area contributed by atoms with Gasteiger partial charge >= 0.3 is 0 Å². The van der Waals surface area contributed by atoms with Gasteiger partial charge in [-0.3, -0.25) is 4.90 Å². The molecule has 2 fully saturated rings. The summed E-state index contributed by atoms with van der Waals surface area (Å²) in [6, 6.07) is 0. The predicted octanol–water partition coefficient (Wildman–Crippen LogP) is 0.555. The van der Waals surface area contributed by atoms with Gasteiger partial charge in [-0.15, -0.1) is 0 Å². The number of hydrogen-bond donors (Lipinski definition) is 1. The second kappa shape index (κ2) is 5.45. The molecule has 0 saturated carbocycles. The molecule has 4 unspecified atom stereocenters. The lowest BCUT2D eigenvalue weighted by Crippen LogP contribution is -2.57. The van der Waals surface area contributed by atoms with Gasteiger partial charge in [0.15, 0.2) is 0 Å². The molecule has 17 heavy (non-hydrogen) atoms. The van der Waals surface area contributed by atoms with E-state index in [9.17, 15) is 0 Å². The van der Waals surface area contributed by atoms with Gasteiger partial charge in [-0.1, -0.05) is 6.92 Å². The number of thioether (sulfide) groups is 1. The Morgan fingerprint density at radius 1 is 1.29 bits per heavy atom. The number of ether oxygens (including phenoxy) is 2. The van der Waals surface area contributed by atoms with E-state index in [1.165, 1.54) is 12.2 Å². The molecule has 4 nitrogen and oxygen atoms in total. The average molecular weight is 260 g/mol. The van der Waals surface area contributed by atoms with Crippen molar-refractivity contribution in [2.75, 3.05) is 39.6 Å². The van der Waals surface area contributed by atoms with Gasteiger partial charge in [-0.05, 0) is 12.2 Å². The molecular formula is C12H24N2O2S. The zero-order chi connectivity index (χ0) is 12.5. The van der Waals surface area contributed by atoms with E-state index in [0.717, 1.165) is 19.6 Å². The van der Waals surface area contributed by atoms with Crippen molar-refractivity contribution >= 4 is 11.8 Å². The second-order valence-electron chi connectivity index (χ2n) is 5.02. The third kappa shape index (κ3) is 2.24. The Balaban J connectivity index is 2.12. The van der Waals surface area contributed by atoms with Gasteiger partial charge in [0.05, 0.1) is 12.2 Å². The fourth-order valence-electron chi connectivity index (χ4n) is 3.14. The van der Waals surface area contributed by atoms with Gasteiger partial charge in [0.2, 0.25) is 0 Å². The topological polar surface area (TPSA) is 47.7 Å². The first-order chi connectivity index (χ1) is 8.17. The summed E-state index contributed by atoms with van der Waals surface area (Å²) in [5, 5.41) is 0.598. The summed E-state index contributed by atoms with van der Waals surface area (Å²) in [7, 11) is 3.53. The highest BCUT2D eigenvalue weighted by Crippen LogP contribution is 2.41. The van der Waals surface area contributed by atoms with Crippen molar-refractivity contribution < 1.29 is 9.47 Å². The summed E-state index contributed by atoms with van der Waals surface area (Å²) in [5.74, 6) is 1.21. The van der Waals surface area contributed by atoms with Crippen molar-refractivity contribution in [3.05, 3.63) is 0 Å². The summed E-state index contributed by atoms with van der Waals surface area (Å²) in [4.78, 5) is 2.50. The highest BCUT2D eigenvalue weighted by Gasteiger charge is 2.49. The molecule has 2 aliphatic heterocycles. The Kier molecular flexibility index (Phi) is 4.36. The minimum Gasteiger partial charge on any atom is -0.377 e. The number of likely N-dealkylation sites (tertiary alicyclic amines) is 1. The molecule has 100 valence electrons. The molecule has 2 aliphatic rings. The van der Waals surface area contributed by atoms with Crippen LogP contribution < -0.4 is 5.73 Å². The molecule has 5 heteroatoms. The van der Waals surface area contributed by atoms with Gasteiger partial charge in [-0.2, -0.15) is 11.8 Å². The lowest BCUT2D eigenvalue weighted by atomic mass is 9.91. The largest absolute Gasteiger partial charge is 0.377 e. The Hall–Kier alpha value is 0.190. The van der Waals surface area contributed by atoms with Crippen LogP contribution in [0.25, 0.3) is 0 Å². The van der Waals surface area contributed by atoms with E-state index in [1.54, 1.807) is 14.2 Å². The van der Waals surface area contributed by atoms with Crippen LogP contribution in [0.15, 0.2) is 0 Å². The van der Waals surface area contributed by atoms with Gasteiger partial charge in [0.1, 0.15) is 0 Å². The molecule has 2 heterocycles. The fraction of sp³-hybridized carbons (Fsp3) is 1.00. The maximum Gasteiger partial charge on any atom is 0.0972 e. The van der Waals surface area contributed by atoms with E-state index in [2.05, 4.69) is 11.8 Å². The van der Waals surface area contributed by atoms with Crippen LogP contribution in [-0.2, 0) is 9.47 Å². The monoisotopic (exact) mass is 260 g/mol. The lowest BCUT2D eigenvalue weighted by Gasteiger charge is -2.41. The van der Waals surface area contributed by atoms with Gasteiger partial charge in [0, 0.05) is 44.6 Å². The summed E-state index contributed by atoms with van der Waals surface area (Å²) < 4.78 is 11.0. The smallest absolute Gasteiger partial charge is 0.0972 e. The minimum atomic E-state index is 0.148. The molecule has 0 spiro atoms. The Morgan fingerprint density at radius 3 is 2.24 bits per heavy atom. The SMILES string of the molecule is COC1CN(C2(CN)CCSC2C)CC1OC. The Labute approximate surface area is 108 Å². The molecule has 2 rings (SSSR count). The lowest BCUT2D eigenvalue weighted by molar-refractivity contribution is -0.00461. The molecule has 2 N–H and O–H groups in total. The molecule has 0 bridgehead atoms. The molecule has 0 aromatic carbocycles. The van der Waals surface area contributed by atoms with Crippen molar-refractivity contribution in [2.45, 2.75) is 36.3 Å². The third-order valence-corrected chi connectivity index (χ3v) is 5.84. The van der Waals surface area contributed by atoms with Gasteiger partial charge in [-0.25, -0.2) is 0 Å². The Morgan fingerprint density at radius 2 is 1.88 bits per heavy atom. The maximum absolute atomic E-state index is 6.08. The first-order valence-corrected chi connectivity index (χ1v) is 7.35. The zero-order valence-electron chi connectivity index (χ0n) is 11.0. The number of methoxy groups -OCH3 is 2. The van der Waals surface area contributed by atoms with E-state index in [0.29, 0.717) is 5.25 Å². The van der Waals surface area contributed by atoms with E-state index in [1.807, 2.05) is 11.8 Å². The molecule has 0 aromatic rings. The zero-order valence-corrected chi connectivity index (χ0v) is 11.8. The molecule has 0 radical (unpaired) electrons. The fourth-order valence-corrected chi connectivity index (χ4v) is 4.64. The third-order valence-electron chi connectivity index (χ3n) is 4.46. The van der Waals surface area contributed by atoms with Crippen molar-refractivity contribution in [1.82, 2.24) is 4.90 Å².